The molecule has 2 heteroatoms. The standard InChI is InChI=1S/C30H22N2/c1-5-15-25-21(11-1)22-12-2-6-16-26(22)31(25)29-19-9-10-20-30(29)32-27-17-7-3-13-23(27)24-14-4-8-18-28(24)32/h1-3,5-13,15-20H,4,14H2. The summed E-state index contributed by atoms with van der Waals surface area (Å²) in [6.45, 7) is 0. The summed E-state index contributed by atoms with van der Waals surface area (Å²) >= 11 is 0. The number of para-hydroxylation sites is 5. The fourth-order valence-electron chi connectivity index (χ4n) is 5.47. The predicted molar refractivity (Wildman–Crippen MR) is 135 cm³/mol. The van der Waals surface area contributed by atoms with Crippen LogP contribution in [-0.4, -0.2) is 9.13 Å². The second kappa shape index (κ2) is 6.73. The summed E-state index contributed by atoms with van der Waals surface area (Å²) in [5.74, 6) is 0. The van der Waals surface area contributed by atoms with E-state index >= 15 is 0 Å². The first kappa shape index (κ1) is 17.6. The van der Waals surface area contributed by atoms with Crippen LogP contribution in [0.5, 0.6) is 0 Å². The molecular weight excluding hydrogens is 388 g/mol. The van der Waals surface area contributed by atoms with E-state index in [1.165, 1.54) is 55.3 Å². The topological polar surface area (TPSA) is 9.86 Å². The predicted octanol–water partition coefficient (Wildman–Crippen LogP) is 7.69. The Morgan fingerprint density at radius 3 is 1.66 bits per heavy atom. The quantitative estimate of drug-likeness (QED) is 0.277. The van der Waals surface area contributed by atoms with Crippen molar-refractivity contribution in [2.45, 2.75) is 12.8 Å². The van der Waals surface area contributed by atoms with Gasteiger partial charge in [-0.3, -0.25) is 0 Å². The van der Waals surface area contributed by atoms with Gasteiger partial charge in [0, 0.05) is 21.9 Å². The Morgan fingerprint density at radius 1 is 0.500 bits per heavy atom. The molecule has 0 fully saturated rings. The third-order valence-corrected chi connectivity index (χ3v) is 6.80. The lowest BCUT2D eigenvalue weighted by Gasteiger charge is -2.18. The Morgan fingerprint density at radius 2 is 1.00 bits per heavy atom. The molecule has 32 heavy (non-hydrogen) atoms. The summed E-state index contributed by atoms with van der Waals surface area (Å²) in [4.78, 5) is 0. The minimum Gasteiger partial charge on any atom is -0.307 e. The van der Waals surface area contributed by atoms with E-state index in [2.05, 4.69) is 118 Å². The van der Waals surface area contributed by atoms with E-state index in [4.69, 9.17) is 0 Å². The summed E-state index contributed by atoms with van der Waals surface area (Å²) in [6, 6.07) is 35.1. The van der Waals surface area contributed by atoms with Crippen molar-refractivity contribution in [3.05, 3.63) is 114 Å². The van der Waals surface area contributed by atoms with Gasteiger partial charge in [0.15, 0.2) is 0 Å². The van der Waals surface area contributed by atoms with Crippen LogP contribution < -0.4 is 0 Å². The molecule has 0 amide bonds. The summed E-state index contributed by atoms with van der Waals surface area (Å²) in [5, 5.41) is 3.94. The fraction of sp³-hybridized carbons (Fsp3) is 0.0667. The molecule has 0 saturated heterocycles. The number of aryl methyl sites for hydroxylation is 1. The Labute approximate surface area is 186 Å². The number of nitrogens with zero attached hydrogens (tertiary/aromatic N) is 2. The van der Waals surface area contributed by atoms with Crippen LogP contribution in [0.3, 0.4) is 0 Å². The van der Waals surface area contributed by atoms with Crippen molar-refractivity contribution >= 4 is 38.8 Å². The maximum absolute atomic E-state index is 2.46. The van der Waals surface area contributed by atoms with Gasteiger partial charge in [-0.2, -0.15) is 0 Å². The van der Waals surface area contributed by atoms with E-state index in [1.54, 1.807) is 0 Å². The minimum atomic E-state index is 1.09. The van der Waals surface area contributed by atoms with Gasteiger partial charge >= 0.3 is 0 Å². The normalized spacial score (nSPS) is 13.2. The first-order chi connectivity index (χ1) is 15.9. The van der Waals surface area contributed by atoms with Crippen LogP contribution in [0, 0.1) is 0 Å². The lowest BCUT2D eigenvalue weighted by Crippen LogP contribution is -2.05. The molecule has 0 N–H and O–H groups in total. The molecule has 6 aromatic rings. The second-order valence-corrected chi connectivity index (χ2v) is 8.52. The SMILES string of the molecule is C1=Cc2c(c3ccccc3n2-c2ccccc2-n2c3ccccc3c3ccccc32)CC1. The smallest absolute Gasteiger partial charge is 0.0702 e. The first-order valence-electron chi connectivity index (χ1n) is 11.3. The average Bonchev–Trinajstić information content (AvgIpc) is 3.37. The van der Waals surface area contributed by atoms with Gasteiger partial charge in [-0.1, -0.05) is 72.8 Å². The molecular formula is C30H22N2. The second-order valence-electron chi connectivity index (χ2n) is 8.52. The lowest BCUT2D eigenvalue weighted by atomic mass is 10.0. The van der Waals surface area contributed by atoms with Gasteiger partial charge in [-0.05, 0) is 54.8 Å². The zero-order valence-corrected chi connectivity index (χ0v) is 17.7. The number of hydrogen-bond acceptors (Lipinski definition) is 0. The monoisotopic (exact) mass is 410 g/mol. The van der Waals surface area contributed by atoms with Crippen molar-refractivity contribution in [1.29, 1.82) is 0 Å². The molecule has 2 heterocycles. The molecule has 2 aromatic heterocycles. The molecule has 0 spiro atoms. The highest BCUT2D eigenvalue weighted by atomic mass is 15.1. The molecule has 0 unspecified atom stereocenters. The van der Waals surface area contributed by atoms with Crippen molar-refractivity contribution in [1.82, 2.24) is 9.13 Å². The maximum atomic E-state index is 2.46. The number of rotatable bonds is 2. The molecule has 152 valence electrons. The van der Waals surface area contributed by atoms with E-state index < -0.39 is 0 Å². The van der Waals surface area contributed by atoms with Crippen LogP contribution >= 0.6 is 0 Å². The van der Waals surface area contributed by atoms with Gasteiger partial charge in [0.1, 0.15) is 0 Å². The molecule has 2 nitrogen and oxygen atoms in total. The number of allylic oxidation sites excluding steroid dienone is 1. The van der Waals surface area contributed by atoms with E-state index in [1.807, 2.05) is 0 Å². The lowest BCUT2D eigenvalue weighted by molar-refractivity contribution is 0.962. The van der Waals surface area contributed by atoms with Crippen LogP contribution in [0.4, 0.5) is 0 Å². The third-order valence-electron chi connectivity index (χ3n) is 6.80. The molecule has 0 saturated carbocycles. The van der Waals surface area contributed by atoms with Crippen molar-refractivity contribution in [3.8, 4) is 11.4 Å². The number of fused-ring (bicyclic) bond motifs is 6. The van der Waals surface area contributed by atoms with E-state index in [-0.39, 0.29) is 0 Å². The Balaban J connectivity index is 1.63. The summed E-state index contributed by atoms with van der Waals surface area (Å²) in [7, 11) is 0. The van der Waals surface area contributed by atoms with Crippen molar-refractivity contribution in [2.24, 2.45) is 0 Å². The van der Waals surface area contributed by atoms with E-state index in [9.17, 15) is 0 Å². The zero-order valence-electron chi connectivity index (χ0n) is 17.7. The molecule has 0 radical (unpaired) electrons. The summed E-state index contributed by atoms with van der Waals surface area (Å²) < 4.78 is 4.88. The van der Waals surface area contributed by atoms with E-state index in [0.717, 1.165) is 12.8 Å². The summed E-state index contributed by atoms with van der Waals surface area (Å²) in [5.41, 5.74) is 8.93. The molecule has 7 rings (SSSR count). The number of aromatic nitrogens is 2. The Bertz CT molecular complexity index is 1620. The third kappa shape index (κ3) is 2.35. The highest BCUT2D eigenvalue weighted by Crippen LogP contribution is 2.38. The molecule has 1 aliphatic rings. The van der Waals surface area contributed by atoms with Crippen LogP contribution in [-0.2, 0) is 6.42 Å². The van der Waals surface area contributed by atoms with E-state index in [0.29, 0.717) is 0 Å². The Hall–Kier alpha value is -4.04. The van der Waals surface area contributed by atoms with Gasteiger partial charge in [0.25, 0.3) is 0 Å². The van der Waals surface area contributed by atoms with Crippen LogP contribution in [0.1, 0.15) is 17.7 Å². The maximum Gasteiger partial charge on any atom is 0.0702 e. The molecule has 1 aliphatic carbocycles. The zero-order chi connectivity index (χ0) is 21.1. The Kier molecular flexibility index (Phi) is 3.71. The van der Waals surface area contributed by atoms with Crippen molar-refractivity contribution in [3.63, 3.8) is 0 Å². The number of hydrogen-bond donors (Lipinski definition) is 0. The first-order valence-corrected chi connectivity index (χ1v) is 11.3. The fourth-order valence-corrected chi connectivity index (χ4v) is 5.47. The largest absolute Gasteiger partial charge is 0.307 e. The van der Waals surface area contributed by atoms with Gasteiger partial charge in [0.2, 0.25) is 0 Å². The van der Waals surface area contributed by atoms with Crippen LogP contribution in [0.25, 0.3) is 50.2 Å². The van der Waals surface area contributed by atoms with Crippen LogP contribution in [0.15, 0.2) is 103 Å². The van der Waals surface area contributed by atoms with Gasteiger partial charge in [-0.15, -0.1) is 0 Å². The van der Waals surface area contributed by atoms with Gasteiger partial charge in [0.05, 0.1) is 27.9 Å². The van der Waals surface area contributed by atoms with Crippen molar-refractivity contribution in [2.75, 3.05) is 0 Å². The number of benzene rings is 4. The highest BCUT2D eigenvalue weighted by molar-refractivity contribution is 6.09. The highest BCUT2D eigenvalue weighted by Gasteiger charge is 2.21. The van der Waals surface area contributed by atoms with Gasteiger partial charge in [-0.25, -0.2) is 0 Å². The van der Waals surface area contributed by atoms with Crippen molar-refractivity contribution < 1.29 is 0 Å². The molecule has 0 aliphatic heterocycles. The van der Waals surface area contributed by atoms with Gasteiger partial charge < -0.3 is 9.13 Å². The molecule has 0 bridgehead atoms. The van der Waals surface area contributed by atoms with Crippen LogP contribution in [0.2, 0.25) is 0 Å². The molecule has 0 atom stereocenters. The minimum absolute atomic E-state index is 1.09. The summed E-state index contributed by atoms with van der Waals surface area (Å²) in [6.07, 6.45) is 6.81. The molecule has 4 aromatic carbocycles. The average molecular weight is 411 g/mol.